The number of benzene rings is 1. The lowest BCUT2D eigenvalue weighted by Gasteiger charge is -2.10. The second-order valence-electron chi connectivity index (χ2n) is 5.83. The Morgan fingerprint density at radius 1 is 1.28 bits per heavy atom. The number of hydrogen-bond acceptors (Lipinski definition) is 4. The summed E-state index contributed by atoms with van der Waals surface area (Å²) in [6.07, 6.45) is 3.69. The average molecular weight is 395 g/mol. The zero-order valence-corrected chi connectivity index (χ0v) is 16.5. The van der Waals surface area contributed by atoms with Gasteiger partial charge < -0.3 is 10.3 Å². The van der Waals surface area contributed by atoms with E-state index in [1.165, 1.54) is 0 Å². The van der Waals surface area contributed by atoms with Crippen LogP contribution in [0.2, 0.25) is 10.0 Å². The smallest absolute Gasteiger partial charge is 0.151 e. The molecule has 0 aliphatic carbocycles. The Morgan fingerprint density at radius 3 is 2.80 bits per heavy atom. The first-order valence-electron chi connectivity index (χ1n) is 8.19. The van der Waals surface area contributed by atoms with E-state index in [1.54, 1.807) is 17.8 Å². The van der Waals surface area contributed by atoms with Crippen LogP contribution in [0.1, 0.15) is 24.7 Å². The zero-order valence-electron chi connectivity index (χ0n) is 14.2. The molecule has 0 aliphatic rings. The minimum Gasteiger partial charge on any atom is -0.382 e. The molecule has 2 heterocycles. The van der Waals surface area contributed by atoms with Gasteiger partial charge in [0.15, 0.2) is 5.82 Å². The second-order valence-corrected chi connectivity index (χ2v) is 7.81. The second kappa shape index (κ2) is 7.85. The molecule has 3 aromatic rings. The Morgan fingerprint density at radius 2 is 2.08 bits per heavy atom. The predicted molar refractivity (Wildman–Crippen MR) is 108 cm³/mol. The van der Waals surface area contributed by atoms with Gasteiger partial charge in [-0.1, -0.05) is 30.1 Å². The number of fused-ring (bicyclic) bond motifs is 1. The van der Waals surface area contributed by atoms with Crippen molar-refractivity contribution in [2.45, 2.75) is 38.1 Å². The zero-order chi connectivity index (χ0) is 18.0. The van der Waals surface area contributed by atoms with Crippen LogP contribution in [0, 0.1) is 6.92 Å². The highest BCUT2D eigenvalue weighted by atomic mass is 35.5. The number of nitrogens with two attached hydrogens (primary N) is 1. The maximum Gasteiger partial charge on any atom is 0.151 e. The highest BCUT2D eigenvalue weighted by Gasteiger charge is 2.14. The van der Waals surface area contributed by atoms with E-state index >= 15 is 0 Å². The first-order chi connectivity index (χ1) is 12.0. The number of pyridine rings is 1. The molecule has 2 N–H and O–H groups in total. The Kier molecular flexibility index (Phi) is 5.77. The topological polar surface area (TPSA) is 56.7 Å². The van der Waals surface area contributed by atoms with Gasteiger partial charge in [-0.3, -0.25) is 0 Å². The van der Waals surface area contributed by atoms with Gasteiger partial charge in [0.2, 0.25) is 0 Å². The number of hydrogen-bond donors (Lipinski definition) is 1. The van der Waals surface area contributed by atoms with Gasteiger partial charge in [-0.05, 0) is 42.9 Å². The quantitative estimate of drug-likeness (QED) is 0.450. The number of anilines is 1. The van der Waals surface area contributed by atoms with Crippen LogP contribution in [0.25, 0.3) is 11.0 Å². The number of nitrogens with zero attached hydrogens (tertiary/aromatic N) is 3. The molecule has 0 bridgehead atoms. The lowest BCUT2D eigenvalue weighted by Crippen LogP contribution is -2.05. The number of nitrogen functional groups attached to an aromatic ring is 1. The third-order valence-corrected chi connectivity index (χ3v) is 5.87. The third-order valence-electron chi connectivity index (χ3n) is 4.05. The van der Waals surface area contributed by atoms with Crippen molar-refractivity contribution >= 4 is 51.8 Å². The van der Waals surface area contributed by atoms with E-state index < -0.39 is 0 Å². The van der Waals surface area contributed by atoms with Crippen LogP contribution in [-0.2, 0) is 13.0 Å². The van der Waals surface area contributed by atoms with Crippen molar-refractivity contribution in [3.05, 3.63) is 45.8 Å². The largest absolute Gasteiger partial charge is 0.382 e. The predicted octanol–water partition coefficient (Wildman–Crippen LogP) is 5.37. The number of halogens is 2. The van der Waals surface area contributed by atoms with Crippen molar-refractivity contribution in [3.8, 4) is 0 Å². The van der Waals surface area contributed by atoms with E-state index in [-0.39, 0.29) is 0 Å². The molecule has 4 nitrogen and oxygen atoms in total. The molecule has 0 aliphatic heterocycles. The Labute approximate surface area is 161 Å². The van der Waals surface area contributed by atoms with Crippen LogP contribution in [-0.4, -0.2) is 20.3 Å². The minimum atomic E-state index is 0.497. The van der Waals surface area contributed by atoms with Gasteiger partial charge in [-0.2, -0.15) is 0 Å². The summed E-state index contributed by atoms with van der Waals surface area (Å²) in [4.78, 5) is 9.96. The summed E-state index contributed by atoms with van der Waals surface area (Å²) in [7, 11) is 0. The SMILES string of the molecule is CCc1nc2c(N)ncc(C)c2n1CCCSc1ccc(Cl)cc1Cl. The van der Waals surface area contributed by atoms with Crippen LogP contribution in [0.5, 0.6) is 0 Å². The summed E-state index contributed by atoms with van der Waals surface area (Å²) in [6, 6.07) is 5.62. The van der Waals surface area contributed by atoms with Gasteiger partial charge in [0.05, 0.1) is 10.5 Å². The number of imidazole rings is 1. The number of aromatic nitrogens is 3. The molecule has 25 heavy (non-hydrogen) atoms. The summed E-state index contributed by atoms with van der Waals surface area (Å²) in [5.41, 5.74) is 9.01. The normalized spacial score (nSPS) is 11.4. The van der Waals surface area contributed by atoms with Gasteiger partial charge in [0, 0.05) is 29.1 Å². The van der Waals surface area contributed by atoms with Crippen molar-refractivity contribution in [1.29, 1.82) is 0 Å². The molecule has 1 aromatic carbocycles. The molecule has 0 spiro atoms. The molecule has 0 atom stereocenters. The molecule has 7 heteroatoms. The van der Waals surface area contributed by atoms with Crippen molar-refractivity contribution < 1.29 is 0 Å². The molecule has 0 fully saturated rings. The highest BCUT2D eigenvalue weighted by Crippen LogP contribution is 2.30. The van der Waals surface area contributed by atoms with Gasteiger partial charge >= 0.3 is 0 Å². The number of aryl methyl sites for hydroxylation is 3. The van der Waals surface area contributed by atoms with Gasteiger partial charge in [-0.15, -0.1) is 11.8 Å². The fourth-order valence-electron chi connectivity index (χ4n) is 2.87. The van der Waals surface area contributed by atoms with Crippen LogP contribution >= 0.6 is 35.0 Å². The Balaban J connectivity index is 1.74. The molecule has 0 saturated carbocycles. The van der Waals surface area contributed by atoms with E-state index in [4.69, 9.17) is 28.9 Å². The van der Waals surface area contributed by atoms with Crippen LogP contribution < -0.4 is 5.73 Å². The van der Waals surface area contributed by atoms with E-state index in [2.05, 4.69) is 28.4 Å². The molecular weight excluding hydrogens is 375 g/mol. The monoisotopic (exact) mass is 394 g/mol. The molecule has 3 rings (SSSR count). The Hall–Kier alpha value is -1.43. The minimum absolute atomic E-state index is 0.497. The third kappa shape index (κ3) is 3.89. The van der Waals surface area contributed by atoms with Crippen molar-refractivity contribution in [2.75, 3.05) is 11.5 Å². The van der Waals surface area contributed by atoms with E-state index in [0.29, 0.717) is 15.9 Å². The maximum atomic E-state index is 6.23. The van der Waals surface area contributed by atoms with Crippen molar-refractivity contribution in [1.82, 2.24) is 14.5 Å². The van der Waals surface area contributed by atoms with Crippen LogP contribution in [0.15, 0.2) is 29.3 Å². The molecule has 0 saturated heterocycles. The van der Waals surface area contributed by atoms with Crippen molar-refractivity contribution in [2.24, 2.45) is 0 Å². The summed E-state index contributed by atoms with van der Waals surface area (Å²) in [6.45, 7) is 5.05. The first-order valence-corrected chi connectivity index (χ1v) is 9.93. The maximum absolute atomic E-state index is 6.23. The standard InChI is InChI=1S/C18H20Cl2N4S/c1-3-15-23-16-17(11(2)10-22-18(16)21)24(15)7-4-8-25-14-6-5-12(19)9-13(14)20/h5-6,9-10H,3-4,7-8H2,1-2H3,(H2,21,22). The van der Waals surface area contributed by atoms with Crippen LogP contribution in [0.4, 0.5) is 5.82 Å². The fraction of sp³-hybridized carbons (Fsp3) is 0.333. The van der Waals surface area contributed by atoms with E-state index in [0.717, 1.165) is 52.5 Å². The molecule has 0 amide bonds. The highest BCUT2D eigenvalue weighted by molar-refractivity contribution is 7.99. The lowest BCUT2D eigenvalue weighted by molar-refractivity contribution is 0.663. The average Bonchev–Trinajstić information content (AvgIpc) is 2.96. The summed E-state index contributed by atoms with van der Waals surface area (Å²) in [5, 5.41) is 1.36. The van der Waals surface area contributed by atoms with Gasteiger partial charge in [-0.25, -0.2) is 9.97 Å². The summed E-state index contributed by atoms with van der Waals surface area (Å²) >= 11 is 13.9. The van der Waals surface area contributed by atoms with Gasteiger partial charge in [0.25, 0.3) is 0 Å². The van der Waals surface area contributed by atoms with Gasteiger partial charge in [0.1, 0.15) is 11.3 Å². The number of rotatable bonds is 6. The molecule has 2 aromatic heterocycles. The molecular formula is C18H20Cl2N4S. The van der Waals surface area contributed by atoms with E-state index in [9.17, 15) is 0 Å². The van der Waals surface area contributed by atoms with Crippen molar-refractivity contribution in [3.63, 3.8) is 0 Å². The van der Waals surface area contributed by atoms with E-state index in [1.807, 2.05) is 18.3 Å². The molecule has 0 unspecified atom stereocenters. The summed E-state index contributed by atoms with van der Waals surface area (Å²) in [5.74, 6) is 2.51. The summed E-state index contributed by atoms with van der Waals surface area (Å²) < 4.78 is 2.27. The number of thioether (sulfide) groups is 1. The lowest BCUT2D eigenvalue weighted by atomic mass is 10.2. The Bertz CT molecular complexity index is 908. The van der Waals surface area contributed by atoms with Crippen LogP contribution in [0.3, 0.4) is 0 Å². The first kappa shape index (κ1) is 18.4. The molecule has 132 valence electrons. The fourth-order valence-corrected chi connectivity index (χ4v) is 4.30. The molecule has 0 radical (unpaired) electrons.